The monoisotopic (exact) mass is 404 g/mol. The van der Waals surface area contributed by atoms with E-state index < -0.39 is 5.54 Å². The van der Waals surface area contributed by atoms with Crippen molar-refractivity contribution in [2.45, 2.75) is 52.2 Å². The summed E-state index contributed by atoms with van der Waals surface area (Å²) in [6.07, 6.45) is 2.01. The van der Waals surface area contributed by atoms with Crippen molar-refractivity contribution in [2.24, 2.45) is 0 Å². The van der Waals surface area contributed by atoms with E-state index in [9.17, 15) is 9.59 Å². The fourth-order valence-electron chi connectivity index (χ4n) is 2.94. The lowest BCUT2D eigenvalue weighted by Crippen LogP contribution is -2.44. The van der Waals surface area contributed by atoms with Crippen molar-refractivity contribution in [1.29, 1.82) is 5.26 Å². The first-order valence-corrected chi connectivity index (χ1v) is 9.34. The zero-order chi connectivity index (χ0) is 21.1. The second-order valence-electron chi connectivity index (χ2n) is 7.13. The van der Waals surface area contributed by atoms with Crippen LogP contribution in [0.15, 0.2) is 12.3 Å². The number of ether oxygens (including phenoxy) is 2. The molecule has 1 fully saturated rings. The number of rotatable bonds is 7. The van der Waals surface area contributed by atoms with Gasteiger partial charge in [0.25, 0.3) is 5.91 Å². The Kier molecular flexibility index (Phi) is 6.56. The molecule has 1 aliphatic heterocycles. The summed E-state index contributed by atoms with van der Waals surface area (Å²) in [6, 6.07) is 3.50. The first kappa shape index (κ1) is 21.6. The maximum atomic E-state index is 13.0. The highest BCUT2D eigenvalue weighted by Crippen LogP contribution is 2.34. The zero-order valence-corrected chi connectivity index (χ0v) is 17.5. The van der Waals surface area contributed by atoms with Crippen molar-refractivity contribution < 1.29 is 19.1 Å². The van der Waals surface area contributed by atoms with Gasteiger partial charge in [-0.25, -0.2) is 4.98 Å². The number of aromatic nitrogens is 1. The van der Waals surface area contributed by atoms with Crippen LogP contribution in [-0.4, -0.2) is 52.2 Å². The number of amides is 1. The van der Waals surface area contributed by atoms with E-state index in [1.165, 1.54) is 18.2 Å². The fraction of sp³-hybridized carbons (Fsp3) is 0.526. The summed E-state index contributed by atoms with van der Waals surface area (Å²) in [5, 5.41) is 9.41. The molecule has 0 aromatic carbocycles. The average molecular weight is 404 g/mol. The summed E-state index contributed by atoms with van der Waals surface area (Å²) >= 11 is 5.54. The number of thiocarbonyl (C=S) groups is 1. The molecule has 0 bridgehead atoms. The minimum absolute atomic E-state index is 0.128. The van der Waals surface area contributed by atoms with Gasteiger partial charge in [-0.2, -0.15) is 5.26 Å². The standard InChI is InChI=1S/C19H24N4O4S/c1-12(2)27-16(24)7-6-8-22-18(28)23(17(25)19(22,3)4)13-9-15(26-5)14(10-20)21-11-13/h9,11-12H,6-8H2,1-5H3. The Morgan fingerprint density at radius 1 is 1.43 bits per heavy atom. The Labute approximate surface area is 170 Å². The normalized spacial score (nSPS) is 15.8. The number of esters is 1. The second-order valence-corrected chi connectivity index (χ2v) is 7.50. The van der Waals surface area contributed by atoms with E-state index in [2.05, 4.69) is 4.98 Å². The third-order valence-electron chi connectivity index (χ3n) is 4.38. The molecule has 0 N–H and O–H groups in total. The number of carbonyl (C=O) groups excluding carboxylic acids is 2. The maximum absolute atomic E-state index is 13.0. The van der Waals surface area contributed by atoms with Gasteiger partial charge in [0.2, 0.25) is 0 Å². The van der Waals surface area contributed by atoms with Crippen LogP contribution in [0.25, 0.3) is 0 Å². The number of nitrogens with zero attached hydrogens (tertiary/aromatic N) is 4. The van der Waals surface area contributed by atoms with Gasteiger partial charge < -0.3 is 14.4 Å². The van der Waals surface area contributed by atoms with Gasteiger partial charge in [-0.1, -0.05) is 0 Å². The molecule has 1 saturated heterocycles. The molecule has 1 amide bonds. The van der Waals surface area contributed by atoms with Gasteiger partial charge in [-0.15, -0.1) is 0 Å². The van der Waals surface area contributed by atoms with Crippen LogP contribution in [0.2, 0.25) is 0 Å². The molecule has 1 aromatic rings. The van der Waals surface area contributed by atoms with Crippen LogP contribution in [0.5, 0.6) is 5.75 Å². The molecule has 1 aromatic heterocycles. The number of hydrogen-bond donors (Lipinski definition) is 0. The molecule has 2 rings (SSSR count). The summed E-state index contributed by atoms with van der Waals surface area (Å²) in [5.41, 5.74) is -0.315. The molecule has 0 saturated carbocycles. The first-order valence-electron chi connectivity index (χ1n) is 8.93. The van der Waals surface area contributed by atoms with Crippen molar-refractivity contribution in [3.05, 3.63) is 18.0 Å². The highest BCUT2D eigenvalue weighted by atomic mass is 32.1. The SMILES string of the molecule is COc1cc(N2C(=O)C(C)(C)N(CCCC(=O)OC(C)C)C2=S)cnc1C#N. The summed E-state index contributed by atoms with van der Waals surface area (Å²) in [5.74, 6) is -0.221. The van der Waals surface area contributed by atoms with Gasteiger partial charge in [-0.05, 0) is 46.3 Å². The zero-order valence-electron chi connectivity index (χ0n) is 16.7. The molecule has 9 heteroatoms. The molecule has 2 heterocycles. The minimum Gasteiger partial charge on any atom is -0.494 e. The van der Waals surface area contributed by atoms with Crippen molar-refractivity contribution in [2.75, 3.05) is 18.6 Å². The van der Waals surface area contributed by atoms with Gasteiger partial charge in [0, 0.05) is 19.0 Å². The van der Waals surface area contributed by atoms with Gasteiger partial charge in [0.15, 0.2) is 16.6 Å². The average Bonchev–Trinajstić information content (AvgIpc) is 2.80. The summed E-state index contributed by atoms with van der Waals surface area (Å²) in [4.78, 5) is 32.0. The Morgan fingerprint density at radius 2 is 2.11 bits per heavy atom. The van der Waals surface area contributed by atoms with Crippen LogP contribution < -0.4 is 9.64 Å². The molecule has 28 heavy (non-hydrogen) atoms. The van der Waals surface area contributed by atoms with Crippen LogP contribution in [-0.2, 0) is 14.3 Å². The smallest absolute Gasteiger partial charge is 0.306 e. The van der Waals surface area contributed by atoms with Crippen LogP contribution in [0, 0.1) is 11.3 Å². The fourth-order valence-corrected chi connectivity index (χ4v) is 3.45. The van der Waals surface area contributed by atoms with Gasteiger partial charge in [0.1, 0.15) is 11.6 Å². The predicted molar refractivity (Wildman–Crippen MR) is 107 cm³/mol. The van der Waals surface area contributed by atoms with E-state index in [-0.39, 0.29) is 35.8 Å². The molecule has 0 spiro atoms. The van der Waals surface area contributed by atoms with E-state index in [4.69, 9.17) is 27.0 Å². The van der Waals surface area contributed by atoms with Crippen molar-refractivity contribution in [1.82, 2.24) is 9.88 Å². The van der Waals surface area contributed by atoms with E-state index >= 15 is 0 Å². The van der Waals surface area contributed by atoms with Crippen molar-refractivity contribution in [3.8, 4) is 11.8 Å². The molecule has 150 valence electrons. The Bertz CT molecular complexity index is 832. The maximum Gasteiger partial charge on any atom is 0.306 e. The van der Waals surface area contributed by atoms with Gasteiger partial charge >= 0.3 is 5.97 Å². The highest BCUT2D eigenvalue weighted by Gasteiger charge is 2.49. The second kappa shape index (κ2) is 8.52. The van der Waals surface area contributed by atoms with E-state index in [0.29, 0.717) is 23.8 Å². The largest absolute Gasteiger partial charge is 0.494 e. The van der Waals surface area contributed by atoms with Crippen LogP contribution in [0.4, 0.5) is 5.69 Å². The lowest BCUT2D eigenvalue weighted by Gasteiger charge is -2.29. The third-order valence-corrected chi connectivity index (χ3v) is 4.78. The molecule has 0 radical (unpaired) electrons. The Hall–Kier alpha value is -2.73. The Balaban J connectivity index is 2.19. The molecule has 0 aliphatic carbocycles. The van der Waals surface area contributed by atoms with Crippen molar-refractivity contribution in [3.63, 3.8) is 0 Å². The van der Waals surface area contributed by atoms with Crippen LogP contribution >= 0.6 is 12.2 Å². The minimum atomic E-state index is -0.875. The topological polar surface area (TPSA) is 95.8 Å². The highest BCUT2D eigenvalue weighted by molar-refractivity contribution is 7.80. The van der Waals surface area contributed by atoms with Gasteiger partial charge in [0.05, 0.1) is 25.1 Å². The molecule has 1 aliphatic rings. The molecule has 0 unspecified atom stereocenters. The summed E-state index contributed by atoms with van der Waals surface area (Å²) in [7, 11) is 1.43. The van der Waals surface area contributed by atoms with E-state index in [0.717, 1.165) is 0 Å². The number of hydrogen-bond acceptors (Lipinski definition) is 7. The molecule has 8 nitrogen and oxygen atoms in total. The predicted octanol–water partition coefficient (Wildman–Crippen LogP) is 2.41. The molecular formula is C19H24N4O4S. The van der Waals surface area contributed by atoms with Crippen molar-refractivity contribution >= 4 is 34.9 Å². The number of pyridine rings is 1. The summed E-state index contributed by atoms with van der Waals surface area (Å²) in [6.45, 7) is 7.59. The number of methoxy groups -OCH3 is 1. The van der Waals surface area contributed by atoms with Gasteiger partial charge in [-0.3, -0.25) is 14.5 Å². The lowest BCUT2D eigenvalue weighted by molar-refractivity contribution is -0.147. The quantitative estimate of drug-likeness (QED) is 0.505. The lowest BCUT2D eigenvalue weighted by atomic mass is 10.0. The van der Waals surface area contributed by atoms with E-state index in [1.54, 1.807) is 38.7 Å². The number of carbonyl (C=O) groups is 2. The summed E-state index contributed by atoms with van der Waals surface area (Å²) < 4.78 is 10.3. The molecule has 0 atom stereocenters. The van der Waals surface area contributed by atoms with Crippen LogP contribution in [0.3, 0.4) is 0 Å². The third kappa shape index (κ3) is 4.22. The number of nitriles is 1. The number of anilines is 1. The van der Waals surface area contributed by atoms with Crippen LogP contribution in [0.1, 0.15) is 46.2 Å². The first-order chi connectivity index (χ1) is 13.1. The molecular weight excluding hydrogens is 380 g/mol. The Morgan fingerprint density at radius 3 is 2.68 bits per heavy atom. The van der Waals surface area contributed by atoms with E-state index in [1.807, 2.05) is 6.07 Å².